The zero-order chi connectivity index (χ0) is 25.7. The van der Waals surface area contributed by atoms with E-state index < -0.39 is 29.4 Å². The summed E-state index contributed by atoms with van der Waals surface area (Å²) in [5, 5.41) is 11.5. The molecular weight excluding hydrogens is 468 g/mol. The van der Waals surface area contributed by atoms with E-state index in [0.717, 1.165) is 33.3 Å². The fourth-order valence-corrected chi connectivity index (χ4v) is 6.52. The van der Waals surface area contributed by atoms with Gasteiger partial charge in [0.2, 0.25) is 0 Å². The quantitative estimate of drug-likeness (QED) is 0.383. The van der Waals surface area contributed by atoms with Crippen LogP contribution in [0.15, 0.2) is 78.9 Å². The maximum absolute atomic E-state index is 13.8. The summed E-state index contributed by atoms with van der Waals surface area (Å²) in [6.45, 7) is 0. The fourth-order valence-electron chi connectivity index (χ4n) is 6.52. The van der Waals surface area contributed by atoms with Gasteiger partial charge in [-0.05, 0) is 41.3 Å². The van der Waals surface area contributed by atoms with Crippen LogP contribution in [0.1, 0.15) is 40.9 Å². The van der Waals surface area contributed by atoms with Crippen LogP contribution in [0.4, 0.5) is 0 Å². The van der Waals surface area contributed by atoms with E-state index in [-0.39, 0.29) is 12.5 Å². The van der Waals surface area contributed by atoms with E-state index >= 15 is 0 Å². The molecule has 1 saturated heterocycles. The molecule has 4 atom stereocenters. The molecule has 0 bridgehead atoms. The highest BCUT2D eigenvalue weighted by molar-refractivity contribution is 5.90. The molecule has 3 heterocycles. The van der Waals surface area contributed by atoms with Gasteiger partial charge < -0.3 is 19.6 Å². The van der Waals surface area contributed by atoms with Gasteiger partial charge >= 0.3 is 11.9 Å². The lowest BCUT2D eigenvalue weighted by molar-refractivity contribution is -0.156. The van der Waals surface area contributed by atoms with Crippen molar-refractivity contribution in [1.29, 1.82) is 0 Å². The Morgan fingerprint density at radius 3 is 2.32 bits per heavy atom. The van der Waals surface area contributed by atoms with Crippen LogP contribution in [0.5, 0.6) is 5.75 Å². The summed E-state index contributed by atoms with van der Waals surface area (Å²) in [4.78, 5) is 32.3. The summed E-state index contributed by atoms with van der Waals surface area (Å²) in [6.07, 6.45) is 0.507. The standard InChI is InChI=1S/C30H28N2O5/c1-36-20-14-12-19(13-15-20)26-23(28(33)34)17-30(29(35)37-2)16-22-21-10-6-7-11-24(21)31-25(22)27(32(26)30)18-8-4-3-5-9-18/h3-15,23,26-27,31H,16-17H2,1-2H3,(H,33,34)/t23-,26+,27-,30+/m0/s1. The summed E-state index contributed by atoms with van der Waals surface area (Å²) in [5.74, 6) is -1.47. The number of carbonyl (C=O) groups excluding carboxylic acids is 1. The van der Waals surface area contributed by atoms with Gasteiger partial charge in [0.1, 0.15) is 11.3 Å². The Morgan fingerprint density at radius 1 is 0.946 bits per heavy atom. The second-order valence-corrected chi connectivity index (χ2v) is 9.85. The minimum Gasteiger partial charge on any atom is -0.497 e. The number of carboxylic acids is 1. The molecule has 188 valence electrons. The molecule has 0 unspecified atom stereocenters. The van der Waals surface area contributed by atoms with Crippen molar-refractivity contribution in [2.45, 2.75) is 30.5 Å². The predicted molar refractivity (Wildman–Crippen MR) is 138 cm³/mol. The first-order valence-electron chi connectivity index (χ1n) is 12.4. The van der Waals surface area contributed by atoms with Gasteiger partial charge in [0.05, 0.1) is 32.2 Å². The van der Waals surface area contributed by atoms with Crippen molar-refractivity contribution in [1.82, 2.24) is 9.88 Å². The Morgan fingerprint density at radius 2 is 1.65 bits per heavy atom. The van der Waals surface area contributed by atoms with Gasteiger partial charge in [-0.2, -0.15) is 0 Å². The Bertz CT molecular complexity index is 1480. The minimum absolute atomic E-state index is 0.147. The zero-order valence-corrected chi connectivity index (χ0v) is 20.7. The number of aromatic nitrogens is 1. The highest BCUT2D eigenvalue weighted by Gasteiger charge is 2.64. The zero-order valence-electron chi connectivity index (χ0n) is 20.7. The van der Waals surface area contributed by atoms with Gasteiger partial charge in [0.25, 0.3) is 0 Å². The summed E-state index contributed by atoms with van der Waals surface area (Å²) in [6, 6.07) is 24.6. The molecule has 0 aliphatic carbocycles. The Labute approximate surface area is 214 Å². The summed E-state index contributed by atoms with van der Waals surface area (Å²) in [5.41, 5.74) is 3.65. The van der Waals surface area contributed by atoms with E-state index in [4.69, 9.17) is 9.47 Å². The smallest absolute Gasteiger partial charge is 0.326 e. The van der Waals surface area contributed by atoms with Crippen molar-refractivity contribution in [3.63, 3.8) is 0 Å². The molecule has 6 rings (SSSR count). The average Bonchev–Trinajstić information content (AvgIpc) is 3.48. The minimum atomic E-state index is -1.15. The number of benzene rings is 3. The van der Waals surface area contributed by atoms with E-state index in [2.05, 4.69) is 16.0 Å². The van der Waals surface area contributed by atoms with Crippen molar-refractivity contribution < 1.29 is 24.2 Å². The van der Waals surface area contributed by atoms with Gasteiger partial charge in [0, 0.05) is 23.0 Å². The van der Waals surface area contributed by atoms with Crippen LogP contribution < -0.4 is 4.74 Å². The molecule has 0 amide bonds. The van der Waals surface area contributed by atoms with E-state index in [1.54, 1.807) is 7.11 Å². The molecule has 0 spiro atoms. The molecule has 1 aromatic heterocycles. The Kier molecular flexibility index (Phi) is 5.53. The molecule has 2 aliphatic heterocycles. The molecule has 7 nitrogen and oxygen atoms in total. The lowest BCUT2D eigenvalue weighted by Crippen LogP contribution is -2.57. The van der Waals surface area contributed by atoms with Crippen molar-refractivity contribution in [3.05, 3.63) is 101 Å². The number of fused-ring (bicyclic) bond motifs is 4. The topological polar surface area (TPSA) is 91.9 Å². The first kappa shape index (κ1) is 23.3. The third kappa shape index (κ3) is 3.45. The molecule has 0 radical (unpaired) electrons. The molecule has 3 aromatic carbocycles. The van der Waals surface area contributed by atoms with Gasteiger partial charge in [-0.3, -0.25) is 14.5 Å². The highest BCUT2D eigenvalue weighted by atomic mass is 16.5. The van der Waals surface area contributed by atoms with Gasteiger partial charge in [-0.15, -0.1) is 0 Å². The normalized spacial score (nSPS) is 24.9. The lowest BCUT2D eigenvalue weighted by atomic mass is 9.79. The van der Waals surface area contributed by atoms with Crippen LogP contribution in [0.25, 0.3) is 10.9 Å². The number of methoxy groups -OCH3 is 2. The van der Waals surface area contributed by atoms with Crippen LogP contribution in [-0.4, -0.2) is 46.7 Å². The number of hydrogen-bond donors (Lipinski definition) is 2. The number of para-hydroxylation sites is 1. The van der Waals surface area contributed by atoms with Crippen LogP contribution in [0, 0.1) is 5.92 Å². The number of aliphatic carboxylic acids is 1. The third-order valence-electron chi connectivity index (χ3n) is 8.06. The third-order valence-corrected chi connectivity index (χ3v) is 8.06. The van der Waals surface area contributed by atoms with Gasteiger partial charge in [-0.25, -0.2) is 0 Å². The van der Waals surface area contributed by atoms with Crippen LogP contribution >= 0.6 is 0 Å². The molecular formula is C30H28N2O5. The molecule has 0 saturated carbocycles. The molecule has 2 aliphatic rings. The van der Waals surface area contributed by atoms with Crippen molar-refractivity contribution in [2.24, 2.45) is 5.92 Å². The molecule has 2 N–H and O–H groups in total. The maximum atomic E-state index is 13.8. The molecule has 7 heteroatoms. The fraction of sp³-hybridized carbons (Fsp3) is 0.267. The maximum Gasteiger partial charge on any atom is 0.326 e. The van der Waals surface area contributed by atoms with Crippen molar-refractivity contribution in [3.8, 4) is 5.75 Å². The predicted octanol–water partition coefficient (Wildman–Crippen LogP) is 4.88. The lowest BCUT2D eigenvalue weighted by Gasteiger charge is -2.47. The Hall–Kier alpha value is -4.10. The first-order valence-corrected chi connectivity index (χ1v) is 12.4. The number of aromatic amines is 1. The number of rotatable bonds is 5. The molecule has 4 aromatic rings. The highest BCUT2D eigenvalue weighted by Crippen LogP contribution is 2.58. The monoisotopic (exact) mass is 496 g/mol. The number of ether oxygens (including phenoxy) is 2. The first-order chi connectivity index (χ1) is 18.0. The number of esters is 1. The van der Waals surface area contributed by atoms with Crippen LogP contribution in [-0.2, 0) is 20.7 Å². The van der Waals surface area contributed by atoms with E-state index in [9.17, 15) is 14.7 Å². The second kappa shape index (κ2) is 8.78. The summed E-state index contributed by atoms with van der Waals surface area (Å²) < 4.78 is 10.8. The van der Waals surface area contributed by atoms with E-state index in [1.807, 2.05) is 72.8 Å². The van der Waals surface area contributed by atoms with Crippen LogP contribution in [0.3, 0.4) is 0 Å². The second-order valence-electron chi connectivity index (χ2n) is 9.85. The number of hydrogen-bond acceptors (Lipinski definition) is 5. The summed E-state index contributed by atoms with van der Waals surface area (Å²) in [7, 11) is 2.98. The number of carboxylic acid groups (broad SMARTS) is 1. The van der Waals surface area contributed by atoms with Crippen LogP contribution in [0.2, 0.25) is 0 Å². The van der Waals surface area contributed by atoms with Gasteiger partial charge in [-0.1, -0.05) is 60.7 Å². The van der Waals surface area contributed by atoms with Gasteiger partial charge in [0.15, 0.2) is 0 Å². The van der Waals surface area contributed by atoms with Crippen molar-refractivity contribution in [2.75, 3.05) is 14.2 Å². The largest absolute Gasteiger partial charge is 0.497 e. The Balaban J connectivity index is 1.65. The number of nitrogens with zero attached hydrogens (tertiary/aromatic N) is 1. The van der Waals surface area contributed by atoms with E-state index in [1.165, 1.54) is 7.11 Å². The molecule has 1 fully saturated rings. The van der Waals surface area contributed by atoms with E-state index in [0.29, 0.717) is 12.2 Å². The SMILES string of the molecule is COC(=O)[C@]12Cc3c([nH]c4ccccc34)[C@H](c3ccccc3)N1[C@H](c1ccc(OC)cc1)[C@@H](C(=O)O)C2. The summed E-state index contributed by atoms with van der Waals surface area (Å²) >= 11 is 0. The average molecular weight is 497 g/mol. The molecule has 37 heavy (non-hydrogen) atoms. The van der Waals surface area contributed by atoms with Crippen molar-refractivity contribution >= 4 is 22.8 Å². The number of nitrogens with one attached hydrogen (secondary N) is 1. The number of H-pyrrole nitrogens is 1. The number of carbonyl (C=O) groups is 2.